The summed E-state index contributed by atoms with van der Waals surface area (Å²) in [5.74, 6) is 1.34. The van der Waals surface area contributed by atoms with E-state index < -0.39 is 0 Å². The van der Waals surface area contributed by atoms with Crippen molar-refractivity contribution < 1.29 is 9.47 Å². The van der Waals surface area contributed by atoms with E-state index in [0.717, 1.165) is 35.4 Å². The minimum Gasteiger partial charge on any atom is -0.497 e. The molecule has 0 amide bonds. The molecule has 0 N–H and O–H groups in total. The lowest BCUT2D eigenvalue weighted by atomic mass is 10.1. The van der Waals surface area contributed by atoms with Crippen LogP contribution in [-0.2, 0) is 13.0 Å². The maximum absolute atomic E-state index is 5.73. The van der Waals surface area contributed by atoms with Crippen LogP contribution in [0, 0.1) is 0 Å². The van der Waals surface area contributed by atoms with Crippen molar-refractivity contribution in [3.8, 4) is 22.9 Å². The van der Waals surface area contributed by atoms with Gasteiger partial charge in [-0.2, -0.15) is 0 Å². The van der Waals surface area contributed by atoms with Crippen LogP contribution in [0.1, 0.15) is 24.5 Å². The van der Waals surface area contributed by atoms with Gasteiger partial charge in [0.2, 0.25) is 5.88 Å². The minimum absolute atomic E-state index is 0.489. The molecule has 0 saturated heterocycles. The van der Waals surface area contributed by atoms with Crippen LogP contribution in [0.2, 0.25) is 0 Å². The monoisotopic (exact) mass is 334 g/mol. The lowest BCUT2D eigenvalue weighted by Crippen LogP contribution is -1.98. The molecule has 0 atom stereocenters. The molecule has 4 nitrogen and oxygen atoms in total. The summed E-state index contributed by atoms with van der Waals surface area (Å²) in [7, 11) is 1.65. The van der Waals surface area contributed by atoms with E-state index >= 15 is 0 Å². The van der Waals surface area contributed by atoms with E-state index in [1.807, 2.05) is 24.3 Å². The number of aromatic nitrogens is 2. The first kappa shape index (κ1) is 17.0. The van der Waals surface area contributed by atoms with Gasteiger partial charge in [0.05, 0.1) is 25.2 Å². The Morgan fingerprint density at radius 2 is 1.56 bits per heavy atom. The predicted molar refractivity (Wildman–Crippen MR) is 98.8 cm³/mol. The van der Waals surface area contributed by atoms with E-state index in [1.165, 1.54) is 5.56 Å². The van der Waals surface area contributed by atoms with Crippen LogP contribution in [0.3, 0.4) is 0 Å². The fourth-order valence-corrected chi connectivity index (χ4v) is 2.55. The molecule has 3 rings (SSSR count). The Morgan fingerprint density at radius 1 is 0.840 bits per heavy atom. The van der Waals surface area contributed by atoms with Crippen LogP contribution >= 0.6 is 0 Å². The maximum atomic E-state index is 5.73. The molecule has 0 saturated carbocycles. The number of hydrogen-bond donors (Lipinski definition) is 0. The highest BCUT2D eigenvalue weighted by molar-refractivity contribution is 5.59. The van der Waals surface area contributed by atoms with E-state index in [-0.39, 0.29) is 0 Å². The Morgan fingerprint density at radius 3 is 2.16 bits per heavy atom. The van der Waals surface area contributed by atoms with Crippen molar-refractivity contribution in [2.24, 2.45) is 0 Å². The van der Waals surface area contributed by atoms with Gasteiger partial charge < -0.3 is 9.47 Å². The first-order chi connectivity index (χ1) is 12.3. The highest BCUT2D eigenvalue weighted by Crippen LogP contribution is 2.21. The first-order valence-electron chi connectivity index (χ1n) is 8.45. The number of nitrogens with zero attached hydrogens (tertiary/aromatic N) is 2. The Hall–Kier alpha value is -2.88. The normalized spacial score (nSPS) is 10.5. The fourth-order valence-electron chi connectivity index (χ4n) is 2.55. The van der Waals surface area contributed by atoms with E-state index in [0.29, 0.717) is 12.5 Å². The molecule has 0 aliphatic rings. The SMILES string of the molecule is CCCc1ccc(COc2cnc(-c3ccc(OC)cc3)cn2)cc1. The molecule has 0 spiro atoms. The molecule has 128 valence electrons. The Balaban J connectivity index is 1.60. The average Bonchev–Trinajstić information content (AvgIpc) is 2.68. The summed E-state index contributed by atoms with van der Waals surface area (Å²) in [5, 5.41) is 0. The molecule has 1 aromatic heterocycles. The quantitative estimate of drug-likeness (QED) is 0.629. The van der Waals surface area contributed by atoms with Crippen LogP contribution in [0.15, 0.2) is 60.9 Å². The molecule has 2 aromatic carbocycles. The molecular formula is C21H22N2O2. The van der Waals surface area contributed by atoms with Crippen LogP contribution in [0.5, 0.6) is 11.6 Å². The number of hydrogen-bond acceptors (Lipinski definition) is 4. The third kappa shape index (κ3) is 4.57. The van der Waals surface area contributed by atoms with Gasteiger partial charge in [-0.25, -0.2) is 9.97 Å². The summed E-state index contributed by atoms with van der Waals surface area (Å²) in [6.07, 6.45) is 5.65. The summed E-state index contributed by atoms with van der Waals surface area (Å²) < 4.78 is 10.9. The maximum Gasteiger partial charge on any atom is 0.232 e. The zero-order valence-electron chi connectivity index (χ0n) is 14.6. The molecule has 0 fully saturated rings. The third-order valence-corrected chi connectivity index (χ3v) is 3.96. The van der Waals surface area contributed by atoms with Gasteiger partial charge in [-0.05, 0) is 41.8 Å². The van der Waals surface area contributed by atoms with E-state index in [9.17, 15) is 0 Å². The van der Waals surface area contributed by atoms with Crippen molar-refractivity contribution >= 4 is 0 Å². The second-order valence-electron chi connectivity index (χ2n) is 5.82. The zero-order valence-corrected chi connectivity index (χ0v) is 14.6. The second-order valence-corrected chi connectivity index (χ2v) is 5.82. The molecule has 0 aliphatic heterocycles. The van der Waals surface area contributed by atoms with Gasteiger partial charge in [0.25, 0.3) is 0 Å². The summed E-state index contributed by atoms with van der Waals surface area (Å²) in [5.41, 5.74) is 4.28. The highest BCUT2D eigenvalue weighted by Gasteiger charge is 2.03. The Kier molecular flexibility index (Phi) is 5.62. The molecule has 4 heteroatoms. The number of benzene rings is 2. The lowest BCUT2D eigenvalue weighted by molar-refractivity contribution is 0.292. The Labute approximate surface area is 148 Å². The van der Waals surface area contributed by atoms with Crippen LogP contribution in [0.25, 0.3) is 11.3 Å². The number of methoxy groups -OCH3 is 1. The van der Waals surface area contributed by atoms with Crippen molar-refractivity contribution in [2.75, 3.05) is 7.11 Å². The highest BCUT2D eigenvalue weighted by atomic mass is 16.5. The van der Waals surface area contributed by atoms with Crippen LogP contribution < -0.4 is 9.47 Å². The standard InChI is InChI=1S/C21H22N2O2/c1-3-4-16-5-7-17(8-6-16)15-25-21-14-22-20(13-23-21)18-9-11-19(24-2)12-10-18/h5-14H,3-4,15H2,1-2H3. The van der Waals surface area contributed by atoms with Gasteiger partial charge in [0, 0.05) is 5.56 Å². The molecular weight excluding hydrogens is 312 g/mol. The van der Waals surface area contributed by atoms with Crippen molar-refractivity contribution in [3.05, 3.63) is 72.1 Å². The third-order valence-electron chi connectivity index (χ3n) is 3.96. The average molecular weight is 334 g/mol. The Bertz CT molecular complexity index is 782. The molecule has 0 unspecified atom stereocenters. The smallest absolute Gasteiger partial charge is 0.232 e. The minimum atomic E-state index is 0.489. The second kappa shape index (κ2) is 8.29. The molecule has 0 aliphatic carbocycles. The van der Waals surface area contributed by atoms with Gasteiger partial charge in [-0.3, -0.25) is 0 Å². The van der Waals surface area contributed by atoms with Gasteiger partial charge in [-0.1, -0.05) is 37.6 Å². The van der Waals surface area contributed by atoms with Gasteiger partial charge in [-0.15, -0.1) is 0 Å². The van der Waals surface area contributed by atoms with E-state index in [1.54, 1.807) is 19.5 Å². The molecule has 0 bridgehead atoms. The zero-order chi connectivity index (χ0) is 17.5. The summed E-state index contributed by atoms with van der Waals surface area (Å²) >= 11 is 0. The molecule has 0 radical (unpaired) electrons. The van der Waals surface area contributed by atoms with Crippen molar-refractivity contribution in [1.82, 2.24) is 9.97 Å². The number of rotatable bonds is 7. The van der Waals surface area contributed by atoms with Crippen LogP contribution in [0.4, 0.5) is 0 Å². The van der Waals surface area contributed by atoms with Gasteiger partial charge in [0.15, 0.2) is 0 Å². The number of aryl methyl sites for hydroxylation is 1. The summed E-state index contributed by atoms with van der Waals surface area (Å²) in [6, 6.07) is 16.2. The fraction of sp³-hybridized carbons (Fsp3) is 0.238. The summed E-state index contributed by atoms with van der Waals surface area (Å²) in [6.45, 7) is 2.67. The van der Waals surface area contributed by atoms with Crippen molar-refractivity contribution in [2.45, 2.75) is 26.4 Å². The van der Waals surface area contributed by atoms with Crippen molar-refractivity contribution in [1.29, 1.82) is 0 Å². The van der Waals surface area contributed by atoms with Gasteiger partial charge >= 0.3 is 0 Å². The van der Waals surface area contributed by atoms with Crippen LogP contribution in [-0.4, -0.2) is 17.1 Å². The van der Waals surface area contributed by atoms with E-state index in [4.69, 9.17) is 9.47 Å². The molecule has 1 heterocycles. The predicted octanol–water partition coefficient (Wildman–Crippen LogP) is 4.68. The molecule has 25 heavy (non-hydrogen) atoms. The lowest BCUT2D eigenvalue weighted by Gasteiger charge is -2.07. The molecule has 3 aromatic rings. The number of ether oxygens (including phenoxy) is 2. The largest absolute Gasteiger partial charge is 0.497 e. The first-order valence-corrected chi connectivity index (χ1v) is 8.45. The van der Waals surface area contributed by atoms with E-state index in [2.05, 4.69) is 41.2 Å². The summed E-state index contributed by atoms with van der Waals surface area (Å²) in [4.78, 5) is 8.77. The topological polar surface area (TPSA) is 44.2 Å². The van der Waals surface area contributed by atoms with Gasteiger partial charge in [0.1, 0.15) is 12.4 Å². The van der Waals surface area contributed by atoms with Crippen molar-refractivity contribution in [3.63, 3.8) is 0 Å².